The molecule has 10 nitrogen and oxygen atoms in total. The summed E-state index contributed by atoms with van der Waals surface area (Å²) in [4.78, 5) is 26.8. The zero-order valence-electron chi connectivity index (χ0n) is 15.4. The van der Waals surface area contributed by atoms with E-state index in [0.29, 0.717) is 30.0 Å². The van der Waals surface area contributed by atoms with Crippen LogP contribution in [0.25, 0.3) is 11.4 Å². The minimum absolute atomic E-state index is 0.115. The molecular formula is C18H21N7O3. The molecule has 0 aromatic carbocycles. The third-order valence-electron chi connectivity index (χ3n) is 4.13. The number of unbranched alkanes of at least 4 members (excludes halogenated alkanes) is 2. The maximum Gasteiger partial charge on any atom is 0.337 e. The highest BCUT2D eigenvalue weighted by molar-refractivity contribution is 5.93. The summed E-state index contributed by atoms with van der Waals surface area (Å²) in [5.41, 5.74) is 1.87. The highest BCUT2D eigenvalue weighted by Gasteiger charge is 2.08. The van der Waals surface area contributed by atoms with E-state index in [-0.39, 0.29) is 11.5 Å². The van der Waals surface area contributed by atoms with Crippen molar-refractivity contribution in [2.75, 3.05) is 6.54 Å². The Hall–Kier alpha value is -3.56. The highest BCUT2D eigenvalue weighted by Crippen LogP contribution is 2.14. The van der Waals surface area contributed by atoms with E-state index in [2.05, 4.69) is 25.7 Å². The number of carbonyl (C=O) groups excluding carboxylic acids is 1. The van der Waals surface area contributed by atoms with Crippen LogP contribution in [0, 0.1) is 0 Å². The van der Waals surface area contributed by atoms with Crippen LogP contribution in [0.3, 0.4) is 0 Å². The lowest BCUT2D eigenvalue weighted by Crippen LogP contribution is -2.24. The van der Waals surface area contributed by atoms with Crippen molar-refractivity contribution in [2.45, 2.75) is 25.8 Å². The fourth-order valence-corrected chi connectivity index (χ4v) is 2.61. The van der Waals surface area contributed by atoms with Crippen LogP contribution < -0.4 is 5.32 Å². The molecule has 0 bridgehead atoms. The molecule has 0 aliphatic rings. The van der Waals surface area contributed by atoms with Crippen LogP contribution in [-0.4, -0.2) is 53.3 Å². The number of hydrogen-bond acceptors (Lipinski definition) is 6. The van der Waals surface area contributed by atoms with E-state index in [9.17, 15) is 9.59 Å². The van der Waals surface area contributed by atoms with Gasteiger partial charge in [-0.3, -0.25) is 19.1 Å². The second-order valence-corrected chi connectivity index (χ2v) is 6.32. The average molecular weight is 383 g/mol. The molecule has 0 saturated heterocycles. The predicted molar refractivity (Wildman–Crippen MR) is 99.6 cm³/mol. The van der Waals surface area contributed by atoms with Crippen LogP contribution in [0.5, 0.6) is 0 Å². The number of aromatic carboxylic acids is 1. The van der Waals surface area contributed by atoms with E-state index >= 15 is 0 Å². The van der Waals surface area contributed by atoms with E-state index < -0.39 is 5.97 Å². The smallest absolute Gasteiger partial charge is 0.337 e. The Morgan fingerprint density at radius 1 is 1.07 bits per heavy atom. The Bertz CT molecular complexity index is 946. The second kappa shape index (κ2) is 8.89. The number of aryl methyl sites for hydroxylation is 2. The first-order valence-corrected chi connectivity index (χ1v) is 8.89. The van der Waals surface area contributed by atoms with Crippen molar-refractivity contribution in [2.24, 2.45) is 7.05 Å². The summed E-state index contributed by atoms with van der Waals surface area (Å²) in [6.45, 7) is 1.31. The molecule has 0 aliphatic carbocycles. The number of carboxylic acid groups (broad SMARTS) is 1. The van der Waals surface area contributed by atoms with E-state index in [4.69, 9.17) is 5.11 Å². The molecule has 1 amide bonds. The highest BCUT2D eigenvalue weighted by atomic mass is 16.4. The Kier molecular flexibility index (Phi) is 6.10. The first-order chi connectivity index (χ1) is 13.5. The first kappa shape index (κ1) is 19.2. The van der Waals surface area contributed by atoms with Gasteiger partial charge in [0.15, 0.2) is 0 Å². The van der Waals surface area contributed by atoms with Crippen LogP contribution in [0.1, 0.15) is 40.0 Å². The van der Waals surface area contributed by atoms with Crippen molar-refractivity contribution in [3.63, 3.8) is 0 Å². The van der Waals surface area contributed by atoms with E-state index in [1.807, 2.05) is 0 Å². The Balaban J connectivity index is 1.37. The zero-order chi connectivity index (χ0) is 19.9. The number of aromatic nitrogens is 6. The van der Waals surface area contributed by atoms with Gasteiger partial charge >= 0.3 is 5.97 Å². The van der Waals surface area contributed by atoms with Crippen molar-refractivity contribution in [3.05, 3.63) is 48.0 Å². The third-order valence-corrected chi connectivity index (χ3v) is 4.13. The summed E-state index contributed by atoms with van der Waals surface area (Å²) < 4.78 is 3.33. The monoisotopic (exact) mass is 383 g/mol. The van der Waals surface area contributed by atoms with Crippen LogP contribution in [-0.2, 0) is 13.6 Å². The fourth-order valence-electron chi connectivity index (χ4n) is 2.61. The van der Waals surface area contributed by atoms with Gasteiger partial charge in [0.05, 0.1) is 29.2 Å². The first-order valence-electron chi connectivity index (χ1n) is 8.89. The number of nitrogens with one attached hydrogen (secondary N) is 1. The van der Waals surface area contributed by atoms with E-state index in [1.54, 1.807) is 41.1 Å². The van der Waals surface area contributed by atoms with E-state index in [1.165, 1.54) is 12.3 Å². The molecule has 146 valence electrons. The Morgan fingerprint density at radius 3 is 2.61 bits per heavy atom. The van der Waals surface area contributed by atoms with Gasteiger partial charge in [-0.25, -0.2) is 4.79 Å². The summed E-state index contributed by atoms with van der Waals surface area (Å²) in [6, 6.07) is 3.10. The molecule has 10 heteroatoms. The van der Waals surface area contributed by atoms with Gasteiger partial charge in [0, 0.05) is 32.5 Å². The third kappa shape index (κ3) is 5.00. The molecule has 28 heavy (non-hydrogen) atoms. The summed E-state index contributed by atoms with van der Waals surface area (Å²) in [5, 5.41) is 23.9. The molecule has 2 N–H and O–H groups in total. The van der Waals surface area contributed by atoms with Crippen LogP contribution in [0.4, 0.5) is 0 Å². The molecule has 0 radical (unpaired) electrons. The van der Waals surface area contributed by atoms with Gasteiger partial charge in [-0.05, 0) is 31.4 Å². The predicted octanol–water partition coefficient (Wildman–Crippen LogP) is 1.37. The number of carboxylic acids is 1. The SMILES string of the molecule is Cn1cc(C(=O)NCCCCCn2cc(-c3ccc(C(=O)O)cn3)nn2)cn1. The number of carbonyl (C=O) groups is 2. The molecule has 3 aromatic heterocycles. The maximum atomic E-state index is 11.9. The number of amides is 1. The summed E-state index contributed by atoms with van der Waals surface area (Å²) in [6.07, 6.45) is 9.02. The fraction of sp³-hybridized carbons (Fsp3) is 0.333. The largest absolute Gasteiger partial charge is 0.478 e. The molecule has 0 fully saturated rings. The topological polar surface area (TPSA) is 128 Å². The minimum Gasteiger partial charge on any atom is -0.478 e. The van der Waals surface area contributed by atoms with Gasteiger partial charge in [-0.2, -0.15) is 5.10 Å². The summed E-state index contributed by atoms with van der Waals surface area (Å²) >= 11 is 0. The molecule has 3 aromatic rings. The van der Waals surface area contributed by atoms with Gasteiger partial charge in [0.25, 0.3) is 5.91 Å². The minimum atomic E-state index is -1.01. The second-order valence-electron chi connectivity index (χ2n) is 6.32. The number of pyridine rings is 1. The molecule has 0 atom stereocenters. The Morgan fingerprint density at radius 2 is 1.93 bits per heavy atom. The molecule has 0 spiro atoms. The quantitative estimate of drug-likeness (QED) is 0.534. The number of rotatable bonds is 9. The molecule has 0 saturated carbocycles. The summed E-state index contributed by atoms with van der Waals surface area (Å²) in [7, 11) is 1.77. The molecule has 3 rings (SSSR count). The Labute approximate surface area is 161 Å². The van der Waals surface area contributed by atoms with Crippen LogP contribution in [0.15, 0.2) is 36.9 Å². The van der Waals surface area contributed by atoms with Gasteiger partial charge < -0.3 is 10.4 Å². The molecule has 3 heterocycles. The van der Waals surface area contributed by atoms with Gasteiger partial charge in [0.1, 0.15) is 5.69 Å². The van der Waals surface area contributed by atoms with Crippen molar-refractivity contribution >= 4 is 11.9 Å². The molecule has 0 aliphatic heterocycles. The van der Waals surface area contributed by atoms with Crippen LogP contribution in [0.2, 0.25) is 0 Å². The van der Waals surface area contributed by atoms with E-state index in [0.717, 1.165) is 19.3 Å². The lowest BCUT2D eigenvalue weighted by atomic mass is 10.2. The molecular weight excluding hydrogens is 362 g/mol. The van der Waals surface area contributed by atoms with Crippen molar-refractivity contribution in [3.8, 4) is 11.4 Å². The summed E-state index contributed by atoms with van der Waals surface area (Å²) in [5.74, 6) is -1.13. The van der Waals surface area contributed by atoms with Gasteiger partial charge in [-0.1, -0.05) is 5.21 Å². The maximum absolute atomic E-state index is 11.9. The van der Waals surface area contributed by atoms with Crippen molar-refractivity contribution in [1.82, 2.24) is 35.1 Å². The lowest BCUT2D eigenvalue weighted by molar-refractivity contribution is 0.0696. The standard InChI is InChI=1S/C18H21N7O3/c1-24-11-14(10-21-24)17(26)19-7-3-2-4-8-25-12-16(22-23-25)15-6-5-13(9-20-15)18(27)28/h5-6,9-12H,2-4,7-8H2,1H3,(H,19,26)(H,27,28). The van der Waals surface area contributed by atoms with Crippen molar-refractivity contribution < 1.29 is 14.7 Å². The number of nitrogens with zero attached hydrogens (tertiary/aromatic N) is 6. The van der Waals surface area contributed by atoms with Crippen molar-refractivity contribution in [1.29, 1.82) is 0 Å². The van der Waals surface area contributed by atoms with Gasteiger partial charge in [-0.15, -0.1) is 5.10 Å². The van der Waals surface area contributed by atoms with Crippen LogP contribution >= 0.6 is 0 Å². The van der Waals surface area contributed by atoms with Gasteiger partial charge in [0.2, 0.25) is 0 Å². The normalized spacial score (nSPS) is 10.8. The zero-order valence-corrected chi connectivity index (χ0v) is 15.4. The lowest BCUT2D eigenvalue weighted by Gasteiger charge is -2.03. The number of hydrogen-bond donors (Lipinski definition) is 2. The average Bonchev–Trinajstić information content (AvgIpc) is 3.33. The molecule has 0 unspecified atom stereocenters.